The van der Waals surface area contributed by atoms with Gasteiger partial charge in [-0.3, -0.25) is 14.4 Å². The van der Waals surface area contributed by atoms with Crippen LogP contribution < -0.4 is 16.0 Å². The van der Waals surface area contributed by atoms with Crippen molar-refractivity contribution in [3.05, 3.63) is 59.7 Å². The summed E-state index contributed by atoms with van der Waals surface area (Å²) in [4.78, 5) is 36.0. The van der Waals surface area contributed by atoms with Gasteiger partial charge in [-0.25, -0.2) is 0 Å². The zero-order valence-corrected chi connectivity index (χ0v) is 16.0. The SMILES string of the molecule is CC(=O)Nc1cccc(NC(=O)c2ccc(C(=O)NC3CCCCC3)cc2)c1. The number of hydrogen-bond donors (Lipinski definition) is 3. The van der Waals surface area contributed by atoms with Crippen LogP contribution in [0.25, 0.3) is 0 Å². The van der Waals surface area contributed by atoms with E-state index in [-0.39, 0.29) is 23.8 Å². The molecule has 3 N–H and O–H groups in total. The molecule has 0 radical (unpaired) electrons. The Morgan fingerprint density at radius 1 is 0.786 bits per heavy atom. The molecule has 0 atom stereocenters. The summed E-state index contributed by atoms with van der Waals surface area (Å²) in [6.45, 7) is 1.43. The van der Waals surface area contributed by atoms with E-state index in [4.69, 9.17) is 0 Å². The Hall–Kier alpha value is -3.15. The van der Waals surface area contributed by atoms with Gasteiger partial charge in [-0.2, -0.15) is 0 Å². The van der Waals surface area contributed by atoms with Gasteiger partial charge in [-0.1, -0.05) is 25.3 Å². The number of carbonyl (C=O) groups excluding carboxylic acids is 3. The minimum Gasteiger partial charge on any atom is -0.349 e. The van der Waals surface area contributed by atoms with Crippen molar-refractivity contribution in [3.63, 3.8) is 0 Å². The molecule has 0 bridgehead atoms. The minimum atomic E-state index is -0.279. The van der Waals surface area contributed by atoms with Gasteiger partial charge in [0, 0.05) is 35.5 Å². The topological polar surface area (TPSA) is 87.3 Å². The third kappa shape index (κ3) is 5.42. The molecule has 2 aromatic carbocycles. The molecule has 0 aromatic heterocycles. The molecule has 3 amide bonds. The molecule has 1 saturated carbocycles. The van der Waals surface area contributed by atoms with Crippen molar-refractivity contribution in [1.29, 1.82) is 0 Å². The minimum absolute atomic E-state index is 0.0955. The molecule has 3 rings (SSSR count). The summed E-state index contributed by atoms with van der Waals surface area (Å²) in [6, 6.07) is 13.8. The number of carbonyl (C=O) groups is 3. The van der Waals surface area contributed by atoms with Crippen LogP contribution in [0, 0.1) is 0 Å². The second-order valence-electron chi connectivity index (χ2n) is 7.10. The smallest absolute Gasteiger partial charge is 0.255 e. The van der Waals surface area contributed by atoms with Gasteiger partial charge in [0.05, 0.1) is 0 Å². The first kappa shape index (κ1) is 19.6. The lowest BCUT2D eigenvalue weighted by atomic mass is 9.95. The number of amides is 3. The summed E-state index contributed by atoms with van der Waals surface area (Å²) in [6.07, 6.45) is 5.62. The maximum atomic E-state index is 12.4. The van der Waals surface area contributed by atoms with Gasteiger partial charge in [0.15, 0.2) is 0 Å². The van der Waals surface area contributed by atoms with Crippen molar-refractivity contribution in [2.45, 2.75) is 45.1 Å². The summed E-state index contributed by atoms with van der Waals surface area (Å²) in [5.74, 6) is -0.549. The molecular weight excluding hydrogens is 354 g/mol. The van der Waals surface area contributed by atoms with E-state index < -0.39 is 0 Å². The van der Waals surface area contributed by atoms with Gasteiger partial charge >= 0.3 is 0 Å². The molecule has 0 unspecified atom stereocenters. The molecule has 1 fully saturated rings. The van der Waals surface area contributed by atoms with Crippen LogP contribution in [0.1, 0.15) is 59.7 Å². The van der Waals surface area contributed by atoms with Gasteiger partial charge in [0.1, 0.15) is 0 Å². The average molecular weight is 379 g/mol. The highest BCUT2D eigenvalue weighted by Crippen LogP contribution is 2.19. The molecule has 6 heteroatoms. The maximum Gasteiger partial charge on any atom is 0.255 e. The van der Waals surface area contributed by atoms with Gasteiger partial charge in [0.25, 0.3) is 11.8 Å². The molecular formula is C22H25N3O3. The van der Waals surface area contributed by atoms with Crippen LogP contribution in [0.15, 0.2) is 48.5 Å². The molecule has 0 spiro atoms. The van der Waals surface area contributed by atoms with Gasteiger partial charge in [-0.05, 0) is 55.3 Å². The number of rotatable bonds is 5. The van der Waals surface area contributed by atoms with Crippen LogP contribution >= 0.6 is 0 Å². The Kier molecular flexibility index (Phi) is 6.42. The quantitative estimate of drug-likeness (QED) is 0.735. The van der Waals surface area contributed by atoms with Crippen molar-refractivity contribution in [2.24, 2.45) is 0 Å². The summed E-state index contributed by atoms with van der Waals surface area (Å²) in [7, 11) is 0. The van der Waals surface area contributed by atoms with Crippen LogP contribution in [-0.4, -0.2) is 23.8 Å². The van der Waals surface area contributed by atoms with Crippen LogP contribution in [0.4, 0.5) is 11.4 Å². The summed E-state index contributed by atoms with van der Waals surface area (Å²) >= 11 is 0. The Labute approximate surface area is 164 Å². The van der Waals surface area contributed by atoms with Gasteiger partial charge < -0.3 is 16.0 Å². The Balaban J connectivity index is 1.60. The molecule has 146 valence electrons. The second kappa shape index (κ2) is 9.17. The second-order valence-corrected chi connectivity index (χ2v) is 7.10. The van der Waals surface area contributed by atoms with Crippen molar-refractivity contribution in [3.8, 4) is 0 Å². The van der Waals surface area contributed by atoms with Crippen molar-refractivity contribution in [2.75, 3.05) is 10.6 Å². The van der Waals surface area contributed by atoms with Crippen LogP contribution in [0.3, 0.4) is 0 Å². The molecule has 1 aliphatic carbocycles. The fourth-order valence-electron chi connectivity index (χ4n) is 3.37. The van der Waals surface area contributed by atoms with E-state index in [1.165, 1.54) is 13.3 Å². The number of nitrogens with one attached hydrogen (secondary N) is 3. The molecule has 0 heterocycles. The van der Waals surface area contributed by atoms with E-state index in [2.05, 4.69) is 16.0 Å². The van der Waals surface area contributed by atoms with Gasteiger partial charge in [-0.15, -0.1) is 0 Å². The molecule has 1 aliphatic rings. The normalized spacial score (nSPS) is 14.2. The van der Waals surface area contributed by atoms with E-state index in [1.54, 1.807) is 48.5 Å². The van der Waals surface area contributed by atoms with E-state index in [0.717, 1.165) is 25.7 Å². The Morgan fingerprint density at radius 2 is 1.36 bits per heavy atom. The van der Waals surface area contributed by atoms with Gasteiger partial charge in [0.2, 0.25) is 5.91 Å². The third-order valence-electron chi connectivity index (χ3n) is 4.79. The first-order valence-corrected chi connectivity index (χ1v) is 9.61. The van der Waals surface area contributed by atoms with Crippen LogP contribution in [-0.2, 0) is 4.79 Å². The van der Waals surface area contributed by atoms with Crippen molar-refractivity contribution < 1.29 is 14.4 Å². The number of benzene rings is 2. The molecule has 0 saturated heterocycles. The lowest BCUT2D eigenvalue weighted by molar-refractivity contribution is -0.114. The fraction of sp³-hybridized carbons (Fsp3) is 0.318. The molecule has 28 heavy (non-hydrogen) atoms. The number of hydrogen-bond acceptors (Lipinski definition) is 3. The van der Waals surface area contributed by atoms with E-state index >= 15 is 0 Å². The highest BCUT2D eigenvalue weighted by Gasteiger charge is 2.17. The van der Waals surface area contributed by atoms with Crippen LogP contribution in [0.2, 0.25) is 0 Å². The molecule has 2 aromatic rings. The first-order valence-electron chi connectivity index (χ1n) is 9.61. The van der Waals surface area contributed by atoms with E-state index in [0.29, 0.717) is 22.5 Å². The summed E-state index contributed by atoms with van der Waals surface area (Å²) in [5, 5.41) is 8.54. The zero-order chi connectivity index (χ0) is 19.9. The van der Waals surface area contributed by atoms with E-state index in [1.807, 2.05) is 0 Å². The lowest BCUT2D eigenvalue weighted by Gasteiger charge is -2.22. The fourth-order valence-corrected chi connectivity index (χ4v) is 3.37. The lowest BCUT2D eigenvalue weighted by Crippen LogP contribution is -2.36. The molecule has 6 nitrogen and oxygen atoms in total. The van der Waals surface area contributed by atoms with Crippen molar-refractivity contribution >= 4 is 29.1 Å². The summed E-state index contributed by atoms with van der Waals surface area (Å²) < 4.78 is 0. The highest BCUT2D eigenvalue weighted by molar-refractivity contribution is 6.05. The van der Waals surface area contributed by atoms with Crippen molar-refractivity contribution in [1.82, 2.24) is 5.32 Å². The Bertz CT molecular complexity index is 856. The summed E-state index contributed by atoms with van der Waals surface area (Å²) in [5.41, 5.74) is 2.20. The molecule has 0 aliphatic heterocycles. The van der Waals surface area contributed by atoms with E-state index in [9.17, 15) is 14.4 Å². The third-order valence-corrected chi connectivity index (χ3v) is 4.79. The predicted octanol–water partition coefficient (Wildman–Crippen LogP) is 3.96. The Morgan fingerprint density at radius 3 is 1.96 bits per heavy atom. The predicted molar refractivity (Wildman–Crippen MR) is 109 cm³/mol. The average Bonchev–Trinajstić information content (AvgIpc) is 2.68. The monoisotopic (exact) mass is 379 g/mol. The zero-order valence-electron chi connectivity index (χ0n) is 16.0. The number of anilines is 2. The highest BCUT2D eigenvalue weighted by atomic mass is 16.2. The first-order chi connectivity index (χ1) is 13.5. The standard InChI is InChI=1S/C22H25N3O3/c1-15(26)23-19-8-5-9-20(14-19)25-22(28)17-12-10-16(11-13-17)21(27)24-18-6-3-2-4-7-18/h5,8-14,18H,2-4,6-7H2,1H3,(H,23,26)(H,24,27)(H,25,28). The maximum absolute atomic E-state index is 12.4. The van der Waals surface area contributed by atoms with Crippen LogP contribution in [0.5, 0.6) is 0 Å². The largest absolute Gasteiger partial charge is 0.349 e.